The lowest BCUT2D eigenvalue weighted by Crippen LogP contribution is -1.83. The van der Waals surface area contributed by atoms with Crippen LogP contribution in [0.5, 0.6) is 0 Å². The highest BCUT2D eigenvalue weighted by Gasteiger charge is 2.05. The van der Waals surface area contributed by atoms with Gasteiger partial charge in [-0.1, -0.05) is 30.6 Å². The zero-order valence-electron chi connectivity index (χ0n) is 9.44. The van der Waals surface area contributed by atoms with Gasteiger partial charge in [-0.2, -0.15) is 0 Å². The molecule has 3 nitrogen and oxygen atoms in total. The monoisotopic (exact) mass is 216 g/mol. The Labute approximate surface area is 95.3 Å². The molecule has 0 aliphatic rings. The third-order valence-electron chi connectivity index (χ3n) is 2.54. The van der Waals surface area contributed by atoms with E-state index in [1.54, 1.807) is 0 Å². The van der Waals surface area contributed by atoms with E-state index in [0.717, 1.165) is 42.0 Å². The smallest absolute Gasteiger partial charge is 0.137 e. The van der Waals surface area contributed by atoms with Gasteiger partial charge < -0.3 is 10.3 Å². The van der Waals surface area contributed by atoms with Crippen LogP contribution in [0.3, 0.4) is 0 Å². The van der Waals surface area contributed by atoms with Crippen LogP contribution in [0.1, 0.15) is 25.5 Å². The Hall–Kier alpha value is -1.77. The van der Waals surface area contributed by atoms with Crippen LogP contribution in [0.2, 0.25) is 0 Å². The Kier molecular flexibility index (Phi) is 3.25. The lowest BCUT2D eigenvalue weighted by Gasteiger charge is -1.95. The molecule has 0 fully saturated rings. The molecule has 2 rings (SSSR count). The Balaban J connectivity index is 2.15. The summed E-state index contributed by atoms with van der Waals surface area (Å²) in [6.45, 7) is 2.16. The van der Waals surface area contributed by atoms with Crippen molar-refractivity contribution in [1.82, 2.24) is 5.16 Å². The van der Waals surface area contributed by atoms with Gasteiger partial charge in [0.15, 0.2) is 0 Å². The van der Waals surface area contributed by atoms with Gasteiger partial charge in [-0.15, -0.1) is 0 Å². The first-order chi connectivity index (χ1) is 7.79. The molecular formula is C13H16N2O. The maximum Gasteiger partial charge on any atom is 0.137 e. The molecule has 0 amide bonds. The van der Waals surface area contributed by atoms with Gasteiger partial charge >= 0.3 is 0 Å². The number of nitrogens with two attached hydrogens (primary N) is 1. The molecule has 0 saturated heterocycles. The lowest BCUT2D eigenvalue weighted by molar-refractivity contribution is 0.382. The van der Waals surface area contributed by atoms with E-state index in [9.17, 15) is 0 Å². The standard InChI is InChI=1S/C13H16N2O/c1-2-3-4-12-9-13(15-16-12)10-5-7-11(14)8-6-10/h5-9H,2-4,14H2,1H3. The molecule has 16 heavy (non-hydrogen) atoms. The second kappa shape index (κ2) is 4.84. The number of benzene rings is 1. The van der Waals surface area contributed by atoms with Crippen molar-refractivity contribution in [2.24, 2.45) is 0 Å². The normalized spacial score (nSPS) is 10.6. The molecule has 0 spiro atoms. The number of hydrogen-bond donors (Lipinski definition) is 1. The first kappa shape index (κ1) is 10.7. The van der Waals surface area contributed by atoms with Crippen LogP contribution >= 0.6 is 0 Å². The quantitative estimate of drug-likeness (QED) is 0.798. The Bertz CT molecular complexity index is 445. The van der Waals surface area contributed by atoms with Crippen molar-refractivity contribution < 1.29 is 4.52 Å². The van der Waals surface area contributed by atoms with E-state index in [0.29, 0.717) is 0 Å². The molecule has 1 heterocycles. The van der Waals surface area contributed by atoms with E-state index >= 15 is 0 Å². The van der Waals surface area contributed by atoms with Gasteiger partial charge in [-0.25, -0.2) is 0 Å². The van der Waals surface area contributed by atoms with Crippen molar-refractivity contribution in [3.8, 4) is 11.3 Å². The summed E-state index contributed by atoms with van der Waals surface area (Å²) >= 11 is 0. The minimum Gasteiger partial charge on any atom is -0.399 e. The van der Waals surface area contributed by atoms with E-state index in [1.165, 1.54) is 0 Å². The third-order valence-corrected chi connectivity index (χ3v) is 2.54. The van der Waals surface area contributed by atoms with Gasteiger partial charge in [0.1, 0.15) is 11.5 Å². The van der Waals surface area contributed by atoms with Crippen molar-refractivity contribution >= 4 is 5.69 Å². The number of unbranched alkanes of at least 4 members (excludes halogenated alkanes) is 1. The maximum atomic E-state index is 5.63. The first-order valence-electron chi connectivity index (χ1n) is 5.61. The molecule has 0 atom stereocenters. The topological polar surface area (TPSA) is 52.0 Å². The SMILES string of the molecule is CCCCc1cc(-c2ccc(N)cc2)no1. The number of aryl methyl sites for hydroxylation is 1. The van der Waals surface area contributed by atoms with Crippen LogP contribution in [-0.4, -0.2) is 5.16 Å². The van der Waals surface area contributed by atoms with Crippen molar-refractivity contribution in [2.75, 3.05) is 5.73 Å². The minimum atomic E-state index is 0.762. The van der Waals surface area contributed by atoms with Gasteiger partial charge in [-0.3, -0.25) is 0 Å². The van der Waals surface area contributed by atoms with Gasteiger partial charge in [-0.05, 0) is 18.6 Å². The fourth-order valence-corrected chi connectivity index (χ4v) is 1.57. The highest BCUT2D eigenvalue weighted by Crippen LogP contribution is 2.20. The van der Waals surface area contributed by atoms with Crippen molar-refractivity contribution in [3.05, 3.63) is 36.1 Å². The van der Waals surface area contributed by atoms with Crippen molar-refractivity contribution in [1.29, 1.82) is 0 Å². The highest BCUT2D eigenvalue weighted by atomic mass is 16.5. The predicted molar refractivity (Wildman–Crippen MR) is 65.0 cm³/mol. The average Bonchev–Trinajstić information content (AvgIpc) is 2.76. The fraction of sp³-hybridized carbons (Fsp3) is 0.308. The van der Waals surface area contributed by atoms with Crippen LogP contribution in [0.15, 0.2) is 34.9 Å². The summed E-state index contributed by atoms with van der Waals surface area (Å²) in [4.78, 5) is 0. The van der Waals surface area contributed by atoms with Gasteiger partial charge in [0.2, 0.25) is 0 Å². The van der Waals surface area contributed by atoms with E-state index in [-0.39, 0.29) is 0 Å². The molecule has 0 bridgehead atoms. The molecule has 84 valence electrons. The molecule has 0 saturated carbocycles. The first-order valence-corrected chi connectivity index (χ1v) is 5.61. The predicted octanol–water partition coefficient (Wildman–Crippen LogP) is 3.27. The third kappa shape index (κ3) is 2.42. The van der Waals surface area contributed by atoms with Crippen LogP contribution in [0, 0.1) is 0 Å². The Morgan fingerprint density at radius 1 is 1.25 bits per heavy atom. The summed E-state index contributed by atoms with van der Waals surface area (Å²) in [7, 11) is 0. The van der Waals surface area contributed by atoms with E-state index in [4.69, 9.17) is 10.3 Å². The number of anilines is 1. The van der Waals surface area contributed by atoms with Crippen LogP contribution in [0.4, 0.5) is 5.69 Å². The molecule has 0 aliphatic carbocycles. The second-order valence-corrected chi connectivity index (χ2v) is 3.90. The molecule has 1 aromatic heterocycles. The number of aromatic nitrogens is 1. The molecular weight excluding hydrogens is 200 g/mol. The van der Waals surface area contributed by atoms with Crippen LogP contribution in [-0.2, 0) is 6.42 Å². The second-order valence-electron chi connectivity index (χ2n) is 3.90. The summed E-state index contributed by atoms with van der Waals surface area (Å²) in [6.07, 6.45) is 3.26. The summed E-state index contributed by atoms with van der Waals surface area (Å²) in [5, 5.41) is 4.05. The number of nitrogens with zero attached hydrogens (tertiary/aromatic N) is 1. The summed E-state index contributed by atoms with van der Waals surface area (Å²) in [5.74, 6) is 0.952. The molecule has 2 aromatic rings. The molecule has 3 heteroatoms. The summed E-state index contributed by atoms with van der Waals surface area (Å²) < 4.78 is 5.27. The lowest BCUT2D eigenvalue weighted by atomic mass is 10.1. The van der Waals surface area contributed by atoms with Gasteiger partial charge in [0, 0.05) is 23.7 Å². The molecule has 0 aliphatic heterocycles. The summed E-state index contributed by atoms with van der Waals surface area (Å²) in [5.41, 5.74) is 8.32. The van der Waals surface area contributed by atoms with Crippen molar-refractivity contribution in [3.63, 3.8) is 0 Å². The fourth-order valence-electron chi connectivity index (χ4n) is 1.57. The number of nitrogen functional groups attached to an aromatic ring is 1. The van der Waals surface area contributed by atoms with E-state index < -0.39 is 0 Å². The zero-order chi connectivity index (χ0) is 11.4. The number of rotatable bonds is 4. The molecule has 2 N–H and O–H groups in total. The van der Waals surface area contributed by atoms with E-state index in [2.05, 4.69) is 12.1 Å². The van der Waals surface area contributed by atoms with Crippen LogP contribution < -0.4 is 5.73 Å². The Morgan fingerprint density at radius 3 is 2.69 bits per heavy atom. The van der Waals surface area contributed by atoms with Crippen molar-refractivity contribution in [2.45, 2.75) is 26.2 Å². The van der Waals surface area contributed by atoms with Gasteiger partial charge in [0.05, 0.1) is 0 Å². The molecule has 0 radical (unpaired) electrons. The summed E-state index contributed by atoms with van der Waals surface area (Å²) in [6, 6.07) is 9.65. The zero-order valence-corrected chi connectivity index (χ0v) is 9.44. The minimum absolute atomic E-state index is 0.762. The largest absolute Gasteiger partial charge is 0.399 e. The molecule has 0 unspecified atom stereocenters. The average molecular weight is 216 g/mol. The number of hydrogen-bond acceptors (Lipinski definition) is 3. The van der Waals surface area contributed by atoms with Crippen LogP contribution in [0.25, 0.3) is 11.3 Å². The highest BCUT2D eigenvalue weighted by molar-refractivity contribution is 5.61. The Morgan fingerprint density at radius 2 is 2.00 bits per heavy atom. The maximum absolute atomic E-state index is 5.63. The van der Waals surface area contributed by atoms with Gasteiger partial charge in [0.25, 0.3) is 0 Å². The van der Waals surface area contributed by atoms with E-state index in [1.807, 2.05) is 30.3 Å². The molecule has 1 aromatic carbocycles.